The zero-order valence-corrected chi connectivity index (χ0v) is 14.5. The summed E-state index contributed by atoms with van der Waals surface area (Å²) >= 11 is 2.91. The van der Waals surface area contributed by atoms with Crippen LogP contribution in [0.15, 0.2) is 40.3 Å². The van der Waals surface area contributed by atoms with E-state index < -0.39 is 0 Å². The Labute approximate surface area is 146 Å². The summed E-state index contributed by atoms with van der Waals surface area (Å²) in [5.41, 5.74) is 0.664. The van der Waals surface area contributed by atoms with Crippen LogP contribution in [0, 0.1) is 6.92 Å². The third-order valence-corrected chi connectivity index (χ3v) is 5.38. The van der Waals surface area contributed by atoms with E-state index in [4.69, 9.17) is 4.42 Å². The van der Waals surface area contributed by atoms with E-state index in [2.05, 4.69) is 15.6 Å². The first-order valence-corrected chi connectivity index (χ1v) is 8.91. The lowest BCUT2D eigenvalue weighted by molar-refractivity contribution is -0.120. The fourth-order valence-electron chi connectivity index (χ4n) is 2.01. The van der Waals surface area contributed by atoms with E-state index in [0.717, 1.165) is 9.88 Å². The van der Waals surface area contributed by atoms with E-state index in [1.807, 2.05) is 17.5 Å². The van der Waals surface area contributed by atoms with Crippen LogP contribution in [0.25, 0.3) is 9.88 Å². The minimum absolute atomic E-state index is 0.0920. The molecule has 6 nitrogen and oxygen atoms in total. The van der Waals surface area contributed by atoms with Crippen LogP contribution in [0.1, 0.15) is 21.1 Å². The van der Waals surface area contributed by atoms with Crippen molar-refractivity contribution in [3.8, 4) is 9.88 Å². The number of aromatic nitrogens is 1. The molecule has 2 N–H and O–H groups in total. The number of nitrogens with one attached hydrogen (secondary N) is 2. The van der Waals surface area contributed by atoms with Gasteiger partial charge in [0, 0.05) is 0 Å². The number of furan rings is 1. The van der Waals surface area contributed by atoms with Crippen LogP contribution in [0.3, 0.4) is 0 Å². The second-order valence-electron chi connectivity index (χ2n) is 4.95. The summed E-state index contributed by atoms with van der Waals surface area (Å²) in [6.07, 6.45) is 1.54. The van der Waals surface area contributed by atoms with Crippen LogP contribution < -0.4 is 10.6 Å². The van der Waals surface area contributed by atoms with E-state index >= 15 is 0 Å². The molecule has 0 saturated heterocycles. The SMILES string of the molecule is Cc1nc(-c2cccs2)sc1C(=O)NCC(=O)NCc1ccco1. The van der Waals surface area contributed by atoms with Crippen LogP contribution in [0.4, 0.5) is 0 Å². The maximum atomic E-state index is 12.2. The lowest BCUT2D eigenvalue weighted by Crippen LogP contribution is -2.36. The van der Waals surface area contributed by atoms with Gasteiger partial charge in [0.15, 0.2) is 0 Å². The third kappa shape index (κ3) is 3.90. The van der Waals surface area contributed by atoms with Crippen LogP contribution in [-0.2, 0) is 11.3 Å². The molecule has 0 spiro atoms. The first-order chi connectivity index (χ1) is 11.6. The summed E-state index contributed by atoms with van der Waals surface area (Å²) in [5, 5.41) is 8.08. The van der Waals surface area contributed by atoms with E-state index in [9.17, 15) is 9.59 Å². The first-order valence-electron chi connectivity index (χ1n) is 7.22. The van der Waals surface area contributed by atoms with Gasteiger partial charge >= 0.3 is 0 Å². The highest BCUT2D eigenvalue weighted by molar-refractivity contribution is 7.22. The molecule has 2 amide bonds. The van der Waals surface area contributed by atoms with Crippen molar-refractivity contribution in [2.45, 2.75) is 13.5 Å². The molecular weight excluding hydrogens is 346 g/mol. The molecule has 0 aliphatic rings. The van der Waals surface area contributed by atoms with Crippen molar-refractivity contribution in [3.05, 3.63) is 52.2 Å². The molecule has 0 saturated carbocycles. The summed E-state index contributed by atoms with van der Waals surface area (Å²) < 4.78 is 5.12. The van der Waals surface area contributed by atoms with Gasteiger partial charge in [-0.3, -0.25) is 9.59 Å². The van der Waals surface area contributed by atoms with Gasteiger partial charge in [-0.25, -0.2) is 4.98 Å². The van der Waals surface area contributed by atoms with E-state index in [-0.39, 0.29) is 18.4 Å². The average molecular weight is 361 g/mol. The molecule has 3 aromatic rings. The number of hydrogen-bond donors (Lipinski definition) is 2. The summed E-state index contributed by atoms with van der Waals surface area (Å²) in [7, 11) is 0. The molecule has 24 heavy (non-hydrogen) atoms. The van der Waals surface area contributed by atoms with Crippen LogP contribution in [0.2, 0.25) is 0 Å². The first kappa shape index (κ1) is 16.4. The van der Waals surface area contributed by atoms with Gasteiger partial charge in [-0.05, 0) is 30.5 Å². The highest BCUT2D eigenvalue weighted by atomic mass is 32.1. The molecule has 0 aliphatic carbocycles. The Kier molecular flexibility index (Phi) is 5.07. The zero-order chi connectivity index (χ0) is 16.9. The van der Waals surface area contributed by atoms with Crippen LogP contribution >= 0.6 is 22.7 Å². The van der Waals surface area contributed by atoms with Gasteiger partial charge in [-0.2, -0.15) is 0 Å². The maximum Gasteiger partial charge on any atom is 0.263 e. The minimum Gasteiger partial charge on any atom is -0.467 e. The number of thiazole rings is 1. The Bertz CT molecular complexity index is 823. The standard InChI is InChI=1S/C16H15N3O3S2/c1-10-14(24-16(19-10)12-5-3-7-23-12)15(21)18-9-13(20)17-8-11-4-2-6-22-11/h2-7H,8-9H2,1H3,(H,17,20)(H,18,21). The summed E-state index contributed by atoms with van der Waals surface area (Å²) in [6.45, 7) is 1.99. The van der Waals surface area contributed by atoms with Gasteiger partial charge in [0.05, 0.1) is 29.9 Å². The fraction of sp³-hybridized carbons (Fsp3) is 0.188. The van der Waals surface area contributed by atoms with E-state index in [1.54, 1.807) is 36.7 Å². The molecule has 0 fully saturated rings. The Hall–Kier alpha value is -2.45. The monoisotopic (exact) mass is 361 g/mol. The predicted octanol–water partition coefficient (Wildman–Crippen LogP) is 2.82. The number of aryl methyl sites for hydroxylation is 1. The molecule has 0 aliphatic heterocycles. The number of rotatable bonds is 6. The van der Waals surface area contributed by atoms with E-state index in [0.29, 0.717) is 22.9 Å². The molecule has 0 radical (unpaired) electrons. The highest BCUT2D eigenvalue weighted by Crippen LogP contribution is 2.30. The summed E-state index contributed by atoms with van der Waals surface area (Å²) in [5.74, 6) is 0.0925. The minimum atomic E-state index is -0.291. The normalized spacial score (nSPS) is 10.5. The van der Waals surface area contributed by atoms with Gasteiger partial charge in [-0.1, -0.05) is 6.07 Å². The zero-order valence-electron chi connectivity index (χ0n) is 12.9. The topological polar surface area (TPSA) is 84.2 Å². The van der Waals surface area contributed by atoms with Gasteiger partial charge in [-0.15, -0.1) is 22.7 Å². The Balaban J connectivity index is 1.54. The van der Waals surface area contributed by atoms with Gasteiger partial charge in [0.1, 0.15) is 15.6 Å². The number of thiophene rings is 1. The molecular formula is C16H15N3O3S2. The second kappa shape index (κ2) is 7.41. The number of carbonyl (C=O) groups is 2. The van der Waals surface area contributed by atoms with Gasteiger partial charge < -0.3 is 15.1 Å². The second-order valence-corrected chi connectivity index (χ2v) is 6.90. The Morgan fingerprint density at radius 1 is 1.25 bits per heavy atom. The molecule has 3 rings (SSSR count). The number of carbonyl (C=O) groups excluding carboxylic acids is 2. The molecule has 124 valence electrons. The van der Waals surface area contributed by atoms with Crippen molar-refractivity contribution >= 4 is 34.5 Å². The van der Waals surface area contributed by atoms with Crippen molar-refractivity contribution in [1.29, 1.82) is 0 Å². The van der Waals surface area contributed by atoms with E-state index in [1.165, 1.54) is 11.3 Å². The molecule has 0 bridgehead atoms. The molecule has 8 heteroatoms. The number of amides is 2. The third-order valence-electron chi connectivity index (χ3n) is 3.18. The number of hydrogen-bond acceptors (Lipinski definition) is 6. The maximum absolute atomic E-state index is 12.2. The lowest BCUT2D eigenvalue weighted by Gasteiger charge is -2.05. The summed E-state index contributed by atoms with van der Waals surface area (Å²) in [4.78, 5) is 30.0. The van der Waals surface area contributed by atoms with Crippen molar-refractivity contribution in [1.82, 2.24) is 15.6 Å². The van der Waals surface area contributed by atoms with Crippen molar-refractivity contribution in [2.24, 2.45) is 0 Å². The van der Waals surface area contributed by atoms with Crippen molar-refractivity contribution in [3.63, 3.8) is 0 Å². The quantitative estimate of drug-likeness (QED) is 0.707. The highest BCUT2D eigenvalue weighted by Gasteiger charge is 2.17. The predicted molar refractivity (Wildman–Crippen MR) is 93.1 cm³/mol. The van der Waals surface area contributed by atoms with Crippen LogP contribution in [-0.4, -0.2) is 23.3 Å². The molecule has 3 heterocycles. The molecule has 0 unspecified atom stereocenters. The van der Waals surface area contributed by atoms with Gasteiger partial charge in [0.2, 0.25) is 5.91 Å². The largest absolute Gasteiger partial charge is 0.467 e. The van der Waals surface area contributed by atoms with Crippen LogP contribution in [0.5, 0.6) is 0 Å². The molecule has 0 atom stereocenters. The molecule has 3 aromatic heterocycles. The molecule has 0 aromatic carbocycles. The fourth-order valence-corrected chi connectivity index (χ4v) is 3.79. The number of nitrogens with zero attached hydrogens (tertiary/aromatic N) is 1. The van der Waals surface area contributed by atoms with Gasteiger partial charge in [0.25, 0.3) is 5.91 Å². The lowest BCUT2D eigenvalue weighted by atomic mass is 10.3. The summed E-state index contributed by atoms with van der Waals surface area (Å²) in [6, 6.07) is 7.43. The Morgan fingerprint density at radius 2 is 2.12 bits per heavy atom. The van der Waals surface area contributed by atoms with Crippen molar-refractivity contribution in [2.75, 3.05) is 6.54 Å². The van der Waals surface area contributed by atoms with Crippen molar-refractivity contribution < 1.29 is 14.0 Å². The smallest absolute Gasteiger partial charge is 0.263 e. The Morgan fingerprint density at radius 3 is 2.83 bits per heavy atom. The average Bonchev–Trinajstić information content (AvgIpc) is 3.30.